The highest BCUT2D eigenvalue weighted by Crippen LogP contribution is 2.45. The summed E-state index contributed by atoms with van der Waals surface area (Å²) in [6.45, 7) is 11.7. The average Bonchev–Trinajstić information content (AvgIpc) is 1.76. The second kappa shape index (κ2) is 65.2. The molecular formula is C75H142O17P2. The maximum Gasteiger partial charge on any atom is 0.472 e. The predicted molar refractivity (Wildman–Crippen MR) is 381 cm³/mol. The molecule has 94 heavy (non-hydrogen) atoms. The fourth-order valence-electron chi connectivity index (χ4n) is 10.9. The van der Waals surface area contributed by atoms with Crippen molar-refractivity contribution in [3.05, 3.63) is 24.3 Å². The molecule has 0 saturated heterocycles. The number of hydrogen-bond donors (Lipinski definition) is 3. The van der Waals surface area contributed by atoms with Gasteiger partial charge in [0.25, 0.3) is 0 Å². The maximum absolute atomic E-state index is 13.1. The van der Waals surface area contributed by atoms with E-state index >= 15 is 0 Å². The first-order valence-corrected chi connectivity index (χ1v) is 41.2. The molecule has 0 aromatic carbocycles. The Morgan fingerprint density at radius 1 is 0.330 bits per heavy atom. The number of esters is 4. The summed E-state index contributed by atoms with van der Waals surface area (Å²) in [5.41, 5.74) is 0. The first-order chi connectivity index (χ1) is 45.2. The number of phosphoric acid groups is 2. The average molecular weight is 1380 g/mol. The largest absolute Gasteiger partial charge is 0.472 e. The van der Waals surface area contributed by atoms with Crippen molar-refractivity contribution >= 4 is 39.5 Å². The van der Waals surface area contributed by atoms with Crippen molar-refractivity contribution in [2.45, 2.75) is 375 Å². The fourth-order valence-corrected chi connectivity index (χ4v) is 12.5. The molecule has 17 nitrogen and oxygen atoms in total. The Labute approximate surface area is 573 Å². The first-order valence-electron chi connectivity index (χ1n) is 38.2. The lowest BCUT2D eigenvalue weighted by atomic mass is 10.0. The molecule has 0 aromatic heterocycles. The van der Waals surface area contributed by atoms with Crippen LogP contribution >= 0.6 is 15.6 Å². The number of carbonyl (C=O) groups excluding carboxylic acids is 4. The molecule has 0 spiro atoms. The summed E-state index contributed by atoms with van der Waals surface area (Å²) < 4.78 is 68.4. The molecule has 19 heteroatoms. The monoisotopic (exact) mass is 1380 g/mol. The number of aliphatic hydroxyl groups is 1. The van der Waals surface area contributed by atoms with E-state index in [4.69, 9.17) is 37.0 Å². The van der Waals surface area contributed by atoms with Crippen LogP contribution in [-0.2, 0) is 65.4 Å². The van der Waals surface area contributed by atoms with Crippen molar-refractivity contribution < 1.29 is 80.2 Å². The van der Waals surface area contributed by atoms with E-state index in [-0.39, 0.29) is 25.7 Å². The zero-order chi connectivity index (χ0) is 69.4. The van der Waals surface area contributed by atoms with Gasteiger partial charge in [0.1, 0.15) is 19.3 Å². The zero-order valence-corrected chi connectivity index (χ0v) is 62.7. The van der Waals surface area contributed by atoms with Gasteiger partial charge in [0.15, 0.2) is 12.2 Å². The molecule has 554 valence electrons. The Bertz CT molecular complexity index is 1930. The standard InChI is InChI=1S/C75H142O17P2/c1-8-9-10-11-12-13-14-15-16-20-23-29-34-42-49-56-72(77)85-62-70(91-75(80)59-52-45-36-31-26-25-28-33-40-47-54-67(4)5)64-89-93(81,82)87-60-69(76)61-88-94(83,84)90-65-71(63-86-73(78)57-50-43-38-37-41-48-55-68(6)7)92-74(79)58-51-44-35-30-24-21-18-17-19-22-27-32-39-46-53-66(2)3/h13-16,66-71,76H,8-12,17-65H2,1-7H3,(H,81,82)(H,83,84)/b14-13-,16-15-/t69-,70-,71-/m1/s1. The van der Waals surface area contributed by atoms with Crippen LogP contribution in [0.5, 0.6) is 0 Å². The zero-order valence-electron chi connectivity index (χ0n) is 60.9. The van der Waals surface area contributed by atoms with E-state index in [1.54, 1.807) is 0 Å². The minimum absolute atomic E-state index is 0.0987. The van der Waals surface area contributed by atoms with Gasteiger partial charge in [-0.25, -0.2) is 9.13 Å². The van der Waals surface area contributed by atoms with E-state index < -0.39 is 97.5 Å². The summed E-state index contributed by atoms with van der Waals surface area (Å²) in [6, 6.07) is 0. The Balaban J connectivity index is 5.26. The second-order valence-electron chi connectivity index (χ2n) is 27.8. The summed E-state index contributed by atoms with van der Waals surface area (Å²) in [7, 11) is -9.92. The van der Waals surface area contributed by atoms with E-state index in [1.807, 2.05) is 0 Å². The third-order valence-electron chi connectivity index (χ3n) is 16.8. The van der Waals surface area contributed by atoms with Gasteiger partial charge in [0.2, 0.25) is 0 Å². The van der Waals surface area contributed by atoms with Crippen molar-refractivity contribution in [1.29, 1.82) is 0 Å². The predicted octanol–water partition coefficient (Wildman–Crippen LogP) is 21.3. The molecular weight excluding hydrogens is 1230 g/mol. The van der Waals surface area contributed by atoms with Crippen LogP contribution < -0.4 is 0 Å². The molecule has 5 atom stereocenters. The number of rotatable bonds is 71. The number of carbonyl (C=O) groups is 4. The summed E-state index contributed by atoms with van der Waals surface area (Å²) >= 11 is 0. The SMILES string of the molecule is CCCCCC/C=C\C=C/CCCCCCCC(=O)OC[C@H](COP(=O)(O)OC[C@@H](O)COP(=O)(O)OC[C@@H](COC(=O)CCCCCCCCC(C)C)OC(=O)CCCCCCCCCCCCCCCCC(C)C)OC(=O)CCCCCCCCCCCCC(C)C. The van der Waals surface area contributed by atoms with Gasteiger partial charge in [-0.3, -0.25) is 37.3 Å². The van der Waals surface area contributed by atoms with Crippen molar-refractivity contribution in [3.63, 3.8) is 0 Å². The van der Waals surface area contributed by atoms with Crippen LogP contribution in [0, 0.1) is 17.8 Å². The lowest BCUT2D eigenvalue weighted by Crippen LogP contribution is -2.30. The molecule has 3 N–H and O–H groups in total. The summed E-state index contributed by atoms with van der Waals surface area (Å²) in [4.78, 5) is 72.7. The minimum Gasteiger partial charge on any atom is -0.462 e. The van der Waals surface area contributed by atoms with Gasteiger partial charge in [-0.2, -0.15) is 0 Å². The maximum atomic E-state index is 13.1. The van der Waals surface area contributed by atoms with Crippen LogP contribution in [-0.4, -0.2) is 96.7 Å². The Hall–Kier alpha value is -2.46. The molecule has 0 amide bonds. The highest BCUT2D eigenvalue weighted by Gasteiger charge is 2.30. The molecule has 2 unspecified atom stereocenters. The number of ether oxygens (including phenoxy) is 4. The third kappa shape index (κ3) is 68.1. The third-order valence-corrected chi connectivity index (χ3v) is 18.7. The van der Waals surface area contributed by atoms with E-state index in [0.29, 0.717) is 31.6 Å². The lowest BCUT2D eigenvalue weighted by molar-refractivity contribution is -0.161. The molecule has 0 bridgehead atoms. The van der Waals surface area contributed by atoms with Gasteiger partial charge in [0.05, 0.1) is 26.4 Å². The van der Waals surface area contributed by atoms with Gasteiger partial charge >= 0.3 is 39.5 Å². The molecule has 0 radical (unpaired) electrons. The topological polar surface area (TPSA) is 237 Å². The molecule has 0 rings (SSSR count). The summed E-state index contributed by atoms with van der Waals surface area (Å²) in [5.74, 6) is 0.0688. The molecule has 0 saturated carbocycles. The van der Waals surface area contributed by atoms with Crippen LogP contribution in [0.25, 0.3) is 0 Å². The fraction of sp³-hybridized carbons (Fsp3) is 0.893. The smallest absolute Gasteiger partial charge is 0.462 e. The van der Waals surface area contributed by atoms with E-state index in [2.05, 4.69) is 72.8 Å². The van der Waals surface area contributed by atoms with E-state index in [0.717, 1.165) is 127 Å². The number of unbranched alkanes of at least 4 members (excludes halogenated alkanes) is 36. The van der Waals surface area contributed by atoms with Crippen LogP contribution in [0.15, 0.2) is 24.3 Å². The highest BCUT2D eigenvalue weighted by atomic mass is 31.2. The highest BCUT2D eigenvalue weighted by molar-refractivity contribution is 7.47. The first kappa shape index (κ1) is 91.5. The molecule has 0 aliphatic carbocycles. The van der Waals surface area contributed by atoms with Crippen molar-refractivity contribution in [2.75, 3.05) is 39.6 Å². The molecule has 0 aliphatic heterocycles. The quantitative estimate of drug-likeness (QED) is 0.0169. The van der Waals surface area contributed by atoms with Gasteiger partial charge in [0, 0.05) is 25.7 Å². The van der Waals surface area contributed by atoms with Crippen LogP contribution in [0.2, 0.25) is 0 Å². The molecule has 0 aliphatic rings. The minimum atomic E-state index is -4.96. The van der Waals surface area contributed by atoms with Gasteiger partial charge < -0.3 is 33.8 Å². The van der Waals surface area contributed by atoms with Crippen LogP contribution in [0.4, 0.5) is 0 Å². The van der Waals surface area contributed by atoms with Gasteiger partial charge in [-0.05, 0) is 69.1 Å². The number of phosphoric ester groups is 2. The van der Waals surface area contributed by atoms with Crippen LogP contribution in [0.3, 0.4) is 0 Å². The summed E-state index contributed by atoms with van der Waals surface area (Å²) in [6.07, 6.45) is 53.7. The van der Waals surface area contributed by atoms with E-state index in [9.17, 15) is 43.2 Å². The molecule has 0 fully saturated rings. The number of aliphatic hydroxyl groups excluding tert-OH is 1. The molecule has 0 heterocycles. The number of hydrogen-bond acceptors (Lipinski definition) is 15. The van der Waals surface area contributed by atoms with Gasteiger partial charge in [-0.15, -0.1) is 0 Å². The number of allylic oxidation sites excluding steroid dienone is 4. The lowest BCUT2D eigenvalue weighted by Gasteiger charge is -2.21. The van der Waals surface area contributed by atoms with Crippen molar-refractivity contribution in [2.24, 2.45) is 17.8 Å². The Kier molecular flexibility index (Phi) is 63.5. The van der Waals surface area contributed by atoms with Crippen molar-refractivity contribution in [3.8, 4) is 0 Å². The Morgan fingerprint density at radius 2 is 0.574 bits per heavy atom. The summed E-state index contributed by atoms with van der Waals surface area (Å²) in [5, 5.41) is 10.6. The second-order valence-corrected chi connectivity index (χ2v) is 30.7. The normalized spacial score (nSPS) is 14.3. The van der Waals surface area contributed by atoms with Crippen molar-refractivity contribution in [1.82, 2.24) is 0 Å². The molecule has 0 aromatic rings. The Morgan fingerprint density at radius 3 is 0.862 bits per heavy atom. The van der Waals surface area contributed by atoms with Gasteiger partial charge in [-0.1, -0.05) is 304 Å². The van der Waals surface area contributed by atoms with Crippen LogP contribution in [0.1, 0.15) is 357 Å². The van der Waals surface area contributed by atoms with E-state index in [1.165, 1.54) is 141 Å².